The number of anilines is 1. The number of nitrogens with zero attached hydrogens (tertiary/aromatic N) is 2. The Labute approximate surface area is 83.9 Å². The van der Waals surface area contributed by atoms with Crippen LogP contribution in [-0.4, -0.2) is 9.78 Å². The van der Waals surface area contributed by atoms with Crippen LogP contribution in [0.1, 0.15) is 33.2 Å². The van der Waals surface area contributed by atoms with Crippen molar-refractivity contribution in [2.24, 2.45) is 5.92 Å². The molecule has 1 atom stereocenters. The minimum absolute atomic E-state index is 0.340. The van der Waals surface area contributed by atoms with Gasteiger partial charge < -0.3 is 5.73 Å². The van der Waals surface area contributed by atoms with E-state index in [-0.39, 0.29) is 0 Å². The molecule has 1 rings (SSSR count). The predicted octanol–water partition coefficient (Wildman–Crippen LogP) is 2.73. The summed E-state index contributed by atoms with van der Waals surface area (Å²) in [6.45, 7) is 6.44. The van der Waals surface area contributed by atoms with E-state index in [1.165, 1.54) is 0 Å². The van der Waals surface area contributed by atoms with Gasteiger partial charge in [-0.25, -0.2) is 4.68 Å². The van der Waals surface area contributed by atoms with Crippen LogP contribution < -0.4 is 5.73 Å². The Morgan fingerprint density at radius 3 is 2.54 bits per heavy atom. The first kappa shape index (κ1) is 10.4. The molecule has 0 aliphatic carbocycles. The lowest BCUT2D eigenvalue weighted by Gasteiger charge is -2.20. The molecule has 0 fully saturated rings. The molecule has 0 aliphatic heterocycles. The van der Waals surface area contributed by atoms with E-state index in [4.69, 9.17) is 17.3 Å². The number of nitrogens with two attached hydrogens (primary N) is 1. The molecule has 0 radical (unpaired) electrons. The van der Waals surface area contributed by atoms with Crippen LogP contribution in [0.15, 0.2) is 6.20 Å². The first-order chi connectivity index (χ1) is 6.07. The summed E-state index contributed by atoms with van der Waals surface area (Å²) < 4.78 is 1.81. The normalized spacial score (nSPS) is 13.6. The van der Waals surface area contributed by atoms with Gasteiger partial charge in [-0.15, -0.1) is 0 Å². The maximum absolute atomic E-state index is 5.83. The second kappa shape index (κ2) is 4.01. The second-order valence-electron chi connectivity index (χ2n) is 3.54. The third-order valence-electron chi connectivity index (χ3n) is 2.29. The molecule has 1 heterocycles. The highest BCUT2D eigenvalue weighted by Gasteiger charge is 2.17. The maximum Gasteiger partial charge on any atom is 0.140 e. The molecular weight excluding hydrogens is 186 g/mol. The molecule has 0 saturated heterocycles. The monoisotopic (exact) mass is 201 g/mol. The zero-order chi connectivity index (χ0) is 10.0. The van der Waals surface area contributed by atoms with Crippen molar-refractivity contribution in [3.05, 3.63) is 11.2 Å². The van der Waals surface area contributed by atoms with E-state index in [0.29, 0.717) is 22.8 Å². The summed E-state index contributed by atoms with van der Waals surface area (Å²) in [6, 6.07) is 0.340. The van der Waals surface area contributed by atoms with Crippen LogP contribution in [0.25, 0.3) is 0 Å². The van der Waals surface area contributed by atoms with Crippen LogP contribution in [0.2, 0.25) is 5.02 Å². The van der Waals surface area contributed by atoms with Crippen molar-refractivity contribution < 1.29 is 0 Å². The maximum atomic E-state index is 5.83. The minimum atomic E-state index is 0.340. The van der Waals surface area contributed by atoms with Crippen LogP contribution in [-0.2, 0) is 0 Å². The minimum Gasteiger partial charge on any atom is -0.383 e. The molecule has 3 nitrogen and oxygen atoms in total. The fourth-order valence-corrected chi connectivity index (χ4v) is 1.67. The molecule has 0 aliphatic rings. The first-order valence-corrected chi connectivity index (χ1v) is 4.94. The number of rotatable bonds is 3. The average molecular weight is 202 g/mol. The second-order valence-corrected chi connectivity index (χ2v) is 3.95. The van der Waals surface area contributed by atoms with Crippen molar-refractivity contribution in [2.75, 3.05) is 5.73 Å². The van der Waals surface area contributed by atoms with E-state index in [9.17, 15) is 0 Å². The van der Waals surface area contributed by atoms with Crippen molar-refractivity contribution in [1.82, 2.24) is 9.78 Å². The predicted molar refractivity (Wildman–Crippen MR) is 55.8 cm³/mol. The molecule has 0 bridgehead atoms. The van der Waals surface area contributed by atoms with Gasteiger partial charge in [-0.2, -0.15) is 5.10 Å². The quantitative estimate of drug-likeness (QED) is 0.818. The summed E-state index contributed by atoms with van der Waals surface area (Å²) in [6.07, 6.45) is 2.61. The van der Waals surface area contributed by atoms with E-state index in [1.807, 2.05) is 4.68 Å². The molecule has 4 heteroatoms. The topological polar surface area (TPSA) is 43.8 Å². The van der Waals surface area contributed by atoms with E-state index in [0.717, 1.165) is 6.42 Å². The Morgan fingerprint density at radius 1 is 1.62 bits per heavy atom. The van der Waals surface area contributed by atoms with E-state index >= 15 is 0 Å². The highest BCUT2D eigenvalue weighted by molar-refractivity contribution is 6.32. The molecule has 0 aromatic carbocycles. The van der Waals surface area contributed by atoms with Gasteiger partial charge in [0.05, 0.1) is 12.2 Å². The van der Waals surface area contributed by atoms with Crippen LogP contribution >= 0.6 is 11.6 Å². The Hall–Kier alpha value is -0.700. The molecule has 0 spiro atoms. The van der Waals surface area contributed by atoms with Crippen LogP contribution in [0, 0.1) is 5.92 Å². The van der Waals surface area contributed by atoms with Gasteiger partial charge in [-0.1, -0.05) is 32.4 Å². The molecule has 0 amide bonds. The number of hydrogen-bond acceptors (Lipinski definition) is 2. The largest absolute Gasteiger partial charge is 0.383 e. The van der Waals surface area contributed by atoms with Crippen molar-refractivity contribution in [3.8, 4) is 0 Å². The number of hydrogen-bond donors (Lipinski definition) is 1. The number of aromatic nitrogens is 2. The summed E-state index contributed by atoms with van der Waals surface area (Å²) in [5.74, 6) is 1.09. The summed E-state index contributed by atoms with van der Waals surface area (Å²) >= 11 is 5.83. The average Bonchev–Trinajstić information content (AvgIpc) is 2.37. The van der Waals surface area contributed by atoms with E-state index in [2.05, 4.69) is 25.9 Å². The first-order valence-electron chi connectivity index (χ1n) is 4.56. The highest BCUT2D eigenvalue weighted by atomic mass is 35.5. The molecular formula is C9H16ClN3. The van der Waals surface area contributed by atoms with Crippen LogP contribution in [0.3, 0.4) is 0 Å². The standard InChI is InChI=1S/C9H16ClN3/c1-4-8(6(2)3)13-9(11)7(10)5-12-13/h5-6,8H,4,11H2,1-3H3. The molecule has 0 saturated carbocycles. The smallest absolute Gasteiger partial charge is 0.140 e. The third kappa shape index (κ3) is 1.97. The number of halogens is 1. The Bertz CT molecular complexity index is 280. The zero-order valence-corrected chi connectivity index (χ0v) is 9.04. The molecule has 74 valence electrons. The molecule has 1 aromatic rings. The molecule has 2 N–H and O–H groups in total. The van der Waals surface area contributed by atoms with Crippen molar-refractivity contribution >= 4 is 17.4 Å². The lowest BCUT2D eigenvalue weighted by atomic mass is 10.0. The summed E-state index contributed by atoms with van der Waals surface area (Å²) in [5, 5.41) is 4.71. The Balaban J connectivity index is 2.98. The fourth-order valence-electron chi connectivity index (χ4n) is 1.54. The Morgan fingerprint density at radius 2 is 2.23 bits per heavy atom. The SMILES string of the molecule is CCC(C(C)C)n1ncc(Cl)c1N. The van der Waals surface area contributed by atoms with Gasteiger partial charge in [0, 0.05) is 0 Å². The molecule has 13 heavy (non-hydrogen) atoms. The zero-order valence-electron chi connectivity index (χ0n) is 8.29. The Kier molecular flexibility index (Phi) is 3.20. The van der Waals surface area contributed by atoms with Crippen molar-refractivity contribution in [1.29, 1.82) is 0 Å². The fraction of sp³-hybridized carbons (Fsp3) is 0.667. The lowest BCUT2D eigenvalue weighted by molar-refractivity contribution is 0.341. The highest BCUT2D eigenvalue weighted by Crippen LogP contribution is 2.27. The molecule has 1 aromatic heterocycles. The van der Waals surface area contributed by atoms with E-state index < -0.39 is 0 Å². The van der Waals surface area contributed by atoms with Crippen molar-refractivity contribution in [2.45, 2.75) is 33.2 Å². The van der Waals surface area contributed by atoms with Gasteiger partial charge in [-0.3, -0.25) is 0 Å². The third-order valence-corrected chi connectivity index (χ3v) is 2.58. The van der Waals surface area contributed by atoms with Gasteiger partial charge in [0.2, 0.25) is 0 Å². The van der Waals surface area contributed by atoms with Crippen LogP contribution in [0.4, 0.5) is 5.82 Å². The van der Waals surface area contributed by atoms with Gasteiger partial charge in [-0.05, 0) is 12.3 Å². The van der Waals surface area contributed by atoms with Gasteiger partial charge in [0.1, 0.15) is 10.8 Å². The van der Waals surface area contributed by atoms with Crippen molar-refractivity contribution in [3.63, 3.8) is 0 Å². The number of nitrogen functional groups attached to an aromatic ring is 1. The lowest BCUT2D eigenvalue weighted by Crippen LogP contribution is -2.17. The molecule has 1 unspecified atom stereocenters. The summed E-state index contributed by atoms with van der Waals surface area (Å²) in [5.41, 5.74) is 5.79. The van der Waals surface area contributed by atoms with Gasteiger partial charge in [0.25, 0.3) is 0 Å². The van der Waals surface area contributed by atoms with E-state index in [1.54, 1.807) is 6.20 Å². The van der Waals surface area contributed by atoms with Gasteiger partial charge in [0.15, 0.2) is 0 Å². The van der Waals surface area contributed by atoms with Crippen LogP contribution in [0.5, 0.6) is 0 Å². The summed E-state index contributed by atoms with van der Waals surface area (Å²) in [4.78, 5) is 0. The van der Waals surface area contributed by atoms with Gasteiger partial charge >= 0.3 is 0 Å². The summed E-state index contributed by atoms with van der Waals surface area (Å²) in [7, 11) is 0.